The Labute approximate surface area is 126 Å². The van der Waals surface area contributed by atoms with Crippen molar-refractivity contribution in [3.8, 4) is 0 Å². The van der Waals surface area contributed by atoms with Crippen LogP contribution in [0.5, 0.6) is 0 Å². The Bertz CT molecular complexity index is 781. The average molecular weight is 278 g/mol. The number of hydrogen-bond donors (Lipinski definition) is 0. The molecule has 0 bridgehead atoms. The highest BCUT2D eigenvalue weighted by Gasteiger charge is 2.08. The Balaban J connectivity index is 1.99. The molecule has 0 radical (unpaired) electrons. The Hall–Kier alpha value is -2.22. The predicted molar refractivity (Wildman–Crippen MR) is 91.2 cm³/mol. The molecule has 1 aromatic heterocycles. The van der Waals surface area contributed by atoms with Crippen LogP contribution in [0.25, 0.3) is 10.9 Å². The van der Waals surface area contributed by atoms with Crippen LogP contribution in [0.15, 0.2) is 48.7 Å². The second-order valence-electron chi connectivity index (χ2n) is 5.96. The van der Waals surface area contributed by atoms with Crippen molar-refractivity contribution in [3.05, 3.63) is 65.4 Å². The van der Waals surface area contributed by atoms with Crippen LogP contribution in [0.3, 0.4) is 0 Å². The van der Waals surface area contributed by atoms with Crippen molar-refractivity contribution >= 4 is 16.6 Å². The molecular weight excluding hydrogens is 256 g/mol. The highest BCUT2D eigenvalue weighted by molar-refractivity contribution is 5.84. The van der Waals surface area contributed by atoms with Gasteiger partial charge in [0.25, 0.3) is 0 Å². The summed E-state index contributed by atoms with van der Waals surface area (Å²) in [5.74, 6) is 0. The third kappa shape index (κ3) is 2.54. The molecule has 2 nitrogen and oxygen atoms in total. The Kier molecular flexibility index (Phi) is 3.46. The minimum Gasteiger partial charge on any atom is -0.378 e. The number of fused-ring (bicyclic) bond motifs is 1. The Morgan fingerprint density at radius 3 is 2.48 bits per heavy atom. The molecule has 0 saturated heterocycles. The maximum atomic E-state index is 2.26. The number of hydrogen-bond acceptors (Lipinski definition) is 1. The highest BCUT2D eigenvalue weighted by Crippen LogP contribution is 2.25. The van der Waals surface area contributed by atoms with Crippen molar-refractivity contribution in [3.63, 3.8) is 0 Å². The largest absolute Gasteiger partial charge is 0.378 e. The third-order valence-electron chi connectivity index (χ3n) is 4.20. The molecule has 1 heterocycles. The van der Waals surface area contributed by atoms with Gasteiger partial charge in [-0.05, 0) is 48.2 Å². The normalized spacial score (nSPS) is 11.0. The summed E-state index contributed by atoms with van der Waals surface area (Å²) in [5.41, 5.74) is 6.71. The summed E-state index contributed by atoms with van der Waals surface area (Å²) in [6.45, 7) is 2.20. The molecule has 3 rings (SSSR count). The van der Waals surface area contributed by atoms with Gasteiger partial charge in [0, 0.05) is 43.9 Å². The molecule has 0 aliphatic rings. The van der Waals surface area contributed by atoms with Gasteiger partial charge in [0.05, 0.1) is 0 Å². The monoisotopic (exact) mass is 278 g/mol. The van der Waals surface area contributed by atoms with E-state index in [0.29, 0.717) is 0 Å². The van der Waals surface area contributed by atoms with Gasteiger partial charge < -0.3 is 9.47 Å². The fourth-order valence-corrected chi connectivity index (χ4v) is 2.93. The lowest BCUT2D eigenvalue weighted by Crippen LogP contribution is -2.09. The molecule has 0 atom stereocenters. The maximum Gasteiger partial charge on any atom is 0.0480 e. The second-order valence-corrected chi connectivity index (χ2v) is 5.96. The van der Waals surface area contributed by atoms with E-state index in [9.17, 15) is 0 Å². The van der Waals surface area contributed by atoms with E-state index in [4.69, 9.17) is 0 Å². The first-order chi connectivity index (χ1) is 10.1. The first kappa shape index (κ1) is 13.7. The Morgan fingerprint density at radius 2 is 1.76 bits per heavy atom. The van der Waals surface area contributed by atoms with E-state index in [0.717, 1.165) is 6.42 Å². The molecule has 0 spiro atoms. The summed E-state index contributed by atoms with van der Waals surface area (Å²) >= 11 is 0. The zero-order chi connectivity index (χ0) is 15.0. The number of benzene rings is 2. The van der Waals surface area contributed by atoms with Crippen molar-refractivity contribution < 1.29 is 0 Å². The summed E-state index contributed by atoms with van der Waals surface area (Å²) < 4.78 is 2.22. The van der Waals surface area contributed by atoms with E-state index in [1.54, 1.807) is 0 Å². The van der Waals surface area contributed by atoms with Gasteiger partial charge in [-0.15, -0.1) is 0 Å². The summed E-state index contributed by atoms with van der Waals surface area (Å²) in [6.07, 6.45) is 3.24. The topological polar surface area (TPSA) is 8.17 Å². The molecule has 0 saturated carbocycles. The van der Waals surface area contributed by atoms with Gasteiger partial charge >= 0.3 is 0 Å². The van der Waals surface area contributed by atoms with Gasteiger partial charge in [-0.2, -0.15) is 0 Å². The van der Waals surface area contributed by atoms with E-state index in [1.807, 2.05) is 0 Å². The summed E-state index contributed by atoms with van der Waals surface area (Å²) in [4.78, 5) is 2.15. The lowest BCUT2D eigenvalue weighted by atomic mass is 9.99. The molecule has 0 aliphatic heterocycles. The summed E-state index contributed by atoms with van der Waals surface area (Å²) in [5, 5.41) is 1.36. The molecule has 0 unspecified atom stereocenters. The molecule has 0 amide bonds. The number of aryl methyl sites for hydroxylation is 2. The molecule has 108 valence electrons. The first-order valence-corrected chi connectivity index (χ1v) is 7.36. The van der Waals surface area contributed by atoms with E-state index in [1.165, 1.54) is 33.3 Å². The standard InChI is InChI=1S/C19H22N2/c1-14-11-17(20(2)3)10-9-15(14)12-16-13-21(4)19-8-6-5-7-18(16)19/h5-11,13H,12H2,1-4H3. The van der Waals surface area contributed by atoms with Crippen LogP contribution in [0.2, 0.25) is 0 Å². The van der Waals surface area contributed by atoms with E-state index >= 15 is 0 Å². The van der Waals surface area contributed by atoms with Crippen LogP contribution in [-0.4, -0.2) is 18.7 Å². The van der Waals surface area contributed by atoms with Crippen LogP contribution in [0.4, 0.5) is 5.69 Å². The summed E-state index contributed by atoms with van der Waals surface area (Å²) in [6, 6.07) is 15.3. The molecular formula is C19H22N2. The van der Waals surface area contributed by atoms with Crippen LogP contribution in [0.1, 0.15) is 16.7 Å². The van der Waals surface area contributed by atoms with Crippen LogP contribution in [0, 0.1) is 6.92 Å². The average Bonchev–Trinajstić information content (AvgIpc) is 2.78. The van der Waals surface area contributed by atoms with Gasteiger partial charge in [0.15, 0.2) is 0 Å². The second kappa shape index (κ2) is 5.28. The van der Waals surface area contributed by atoms with Crippen molar-refractivity contribution in [2.75, 3.05) is 19.0 Å². The molecule has 2 heteroatoms. The van der Waals surface area contributed by atoms with Crippen molar-refractivity contribution in [1.82, 2.24) is 4.57 Å². The predicted octanol–water partition coefficient (Wildman–Crippen LogP) is 4.14. The number of nitrogens with zero attached hydrogens (tertiary/aromatic N) is 2. The van der Waals surface area contributed by atoms with Crippen molar-refractivity contribution in [2.45, 2.75) is 13.3 Å². The van der Waals surface area contributed by atoms with Gasteiger partial charge in [-0.25, -0.2) is 0 Å². The number of aromatic nitrogens is 1. The fourth-order valence-electron chi connectivity index (χ4n) is 2.93. The number of rotatable bonds is 3. The molecule has 0 N–H and O–H groups in total. The quantitative estimate of drug-likeness (QED) is 0.699. The minimum absolute atomic E-state index is 0.987. The lowest BCUT2D eigenvalue weighted by molar-refractivity contribution is 0.957. The van der Waals surface area contributed by atoms with Gasteiger partial charge in [0.1, 0.15) is 0 Å². The third-order valence-corrected chi connectivity index (χ3v) is 4.20. The fraction of sp³-hybridized carbons (Fsp3) is 0.263. The maximum absolute atomic E-state index is 2.26. The number of anilines is 1. The van der Waals surface area contributed by atoms with Gasteiger partial charge in [-0.3, -0.25) is 0 Å². The highest BCUT2D eigenvalue weighted by atomic mass is 15.1. The van der Waals surface area contributed by atoms with Crippen molar-refractivity contribution in [1.29, 1.82) is 0 Å². The Morgan fingerprint density at radius 1 is 1.00 bits per heavy atom. The van der Waals surface area contributed by atoms with Crippen LogP contribution >= 0.6 is 0 Å². The SMILES string of the molecule is Cc1cc(N(C)C)ccc1Cc1cn(C)c2ccccc12. The van der Waals surface area contributed by atoms with E-state index in [2.05, 4.69) is 86.2 Å². The van der Waals surface area contributed by atoms with Gasteiger partial charge in [-0.1, -0.05) is 24.3 Å². The lowest BCUT2D eigenvalue weighted by Gasteiger charge is -2.15. The molecule has 3 aromatic rings. The number of para-hydroxylation sites is 1. The van der Waals surface area contributed by atoms with E-state index in [-0.39, 0.29) is 0 Å². The van der Waals surface area contributed by atoms with Crippen LogP contribution in [-0.2, 0) is 13.5 Å². The summed E-state index contributed by atoms with van der Waals surface area (Å²) in [7, 11) is 6.28. The zero-order valence-electron chi connectivity index (χ0n) is 13.2. The molecule has 2 aromatic carbocycles. The van der Waals surface area contributed by atoms with Crippen LogP contribution < -0.4 is 4.90 Å². The minimum atomic E-state index is 0.987. The van der Waals surface area contributed by atoms with Crippen molar-refractivity contribution in [2.24, 2.45) is 7.05 Å². The molecule has 0 fully saturated rings. The zero-order valence-corrected chi connectivity index (χ0v) is 13.2. The molecule has 21 heavy (non-hydrogen) atoms. The first-order valence-electron chi connectivity index (χ1n) is 7.36. The van der Waals surface area contributed by atoms with Gasteiger partial charge in [0.2, 0.25) is 0 Å². The van der Waals surface area contributed by atoms with E-state index < -0.39 is 0 Å². The smallest absolute Gasteiger partial charge is 0.0480 e. The molecule has 0 aliphatic carbocycles.